The minimum atomic E-state index is -0.162. The first-order chi connectivity index (χ1) is 6.27. The smallest absolute Gasteiger partial charge is 0.241 e. The van der Waals surface area contributed by atoms with Crippen molar-refractivity contribution >= 4 is 23.5 Å². The van der Waals surface area contributed by atoms with Gasteiger partial charge in [0.25, 0.3) is 0 Å². The average Bonchev–Trinajstić information content (AvgIpc) is 2.79. The molecule has 0 atom stereocenters. The predicted octanol–water partition coefficient (Wildman–Crippen LogP) is 1.24. The molecule has 4 nitrogen and oxygen atoms in total. The summed E-state index contributed by atoms with van der Waals surface area (Å²) in [5, 5.41) is 2.80. The van der Waals surface area contributed by atoms with Gasteiger partial charge in [-0.2, -0.15) is 0 Å². The van der Waals surface area contributed by atoms with Gasteiger partial charge >= 0.3 is 0 Å². The van der Waals surface area contributed by atoms with Crippen molar-refractivity contribution in [3.8, 4) is 0 Å². The van der Waals surface area contributed by atoms with Crippen LogP contribution in [0.25, 0.3) is 0 Å². The fourth-order valence-electron chi connectivity index (χ4n) is 1.20. The van der Waals surface area contributed by atoms with Crippen molar-refractivity contribution in [2.45, 2.75) is 17.6 Å². The molecule has 1 heterocycles. The number of thioether (sulfide) groups is 1. The van der Waals surface area contributed by atoms with Crippen LogP contribution in [0.4, 0.5) is 5.82 Å². The maximum absolute atomic E-state index is 11.6. The number of hydrogen-bond donors (Lipinski definition) is 2. The molecule has 1 aromatic rings. The first-order valence-corrected chi connectivity index (χ1v) is 5.34. The zero-order chi connectivity index (χ0) is 9.31. The van der Waals surface area contributed by atoms with E-state index in [1.807, 2.05) is 6.26 Å². The highest BCUT2D eigenvalue weighted by molar-refractivity contribution is 8.01. The molecule has 70 valence electrons. The summed E-state index contributed by atoms with van der Waals surface area (Å²) >= 11 is 1.62. The summed E-state index contributed by atoms with van der Waals surface area (Å²) in [4.78, 5) is 18.3. The number of carbonyl (C=O) groups is 1. The monoisotopic (exact) mass is 197 g/mol. The highest BCUT2D eigenvalue weighted by Gasteiger charge is 2.49. The van der Waals surface area contributed by atoms with Crippen LogP contribution in [0.2, 0.25) is 0 Å². The molecule has 5 heteroatoms. The summed E-state index contributed by atoms with van der Waals surface area (Å²) in [5.41, 5.74) is 0. The van der Waals surface area contributed by atoms with Crippen molar-refractivity contribution in [2.75, 3.05) is 11.6 Å². The number of carbonyl (C=O) groups excluding carboxylic acids is 1. The Hall–Kier alpha value is -0.970. The van der Waals surface area contributed by atoms with Crippen LogP contribution in [0, 0.1) is 0 Å². The summed E-state index contributed by atoms with van der Waals surface area (Å²) in [5.74, 6) is 0.759. The molecule has 1 aliphatic rings. The van der Waals surface area contributed by atoms with Crippen LogP contribution in [0.1, 0.15) is 12.8 Å². The van der Waals surface area contributed by atoms with Crippen LogP contribution in [0.3, 0.4) is 0 Å². The highest BCUT2D eigenvalue weighted by Crippen LogP contribution is 2.47. The predicted molar refractivity (Wildman–Crippen MR) is 52.7 cm³/mol. The molecule has 13 heavy (non-hydrogen) atoms. The Kier molecular flexibility index (Phi) is 2.03. The molecule has 0 spiro atoms. The molecule has 1 fully saturated rings. The quantitative estimate of drug-likeness (QED) is 0.766. The van der Waals surface area contributed by atoms with Gasteiger partial charge in [0.1, 0.15) is 5.82 Å². The van der Waals surface area contributed by atoms with Gasteiger partial charge < -0.3 is 10.3 Å². The van der Waals surface area contributed by atoms with E-state index in [9.17, 15) is 4.79 Å². The number of aromatic amines is 1. The fraction of sp³-hybridized carbons (Fsp3) is 0.500. The van der Waals surface area contributed by atoms with Gasteiger partial charge in [-0.25, -0.2) is 4.98 Å². The number of rotatable bonds is 3. The first-order valence-electron chi connectivity index (χ1n) is 4.12. The van der Waals surface area contributed by atoms with Crippen LogP contribution < -0.4 is 5.32 Å². The van der Waals surface area contributed by atoms with E-state index in [1.54, 1.807) is 24.3 Å². The second-order valence-electron chi connectivity index (χ2n) is 3.12. The van der Waals surface area contributed by atoms with Crippen LogP contribution in [0.15, 0.2) is 12.5 Å². The number of nitrogens with one attached hydrogen (secondary N) is 2. The zero-order valence-electron chi connectivity index (χ0n) is 7.33. The summed E-state index contributed by atoms with van der Waals surface area (Å²) in [6.45, 7) is 0. The van der Waals surface area contributed by atoms with Crippen molar-refractivity contribution in [1.82, 2.24) is 9.97 Å². The van der Waals surface area contributed by atoms with Crippen LogP contribution >= 0.6 is 11.8 Å². The second-order valence-corrected chi connectivity index (χ2v) is 4.31. The third-order valence-corrected chi connectivity index (χ3v) is 3.63. The normalized spacial score (nSPS) is 18.2. The van der Waals surface area contributed by atoms with Crippen LogP contribution in [-0.2, 0) is 4.79 Å². The van der Waals surface area contributed by atoms with Gasteiger partial charge in [0.2, 0.25) is 5.91 Å². The van der Waals surface area contributed by atoms with Gasteiger partial charge in [-0.3, -0.25) is 4.79 Å². The van der Waals surface area contributed by atoms with Gasteiger partial charge in [-0.1, -0.05) is 0 Å². The molecule has 1 saturated carbocycles. The summed E-state index contributed by atoms with van der Waals surface area (Å²) in [7, 11) is 0. The lowest BCUT2D eigenvalue weighted by Gasteiger charge is -2.10. The van der Waals surface area contributed by atoms with E-state index >= 15 is 0 Å². The fourth-order valence-corrected chi connectivity index (χ4v) is 1.94. The van der Waals surface area contributed by atoms with Gasteiger partial charge in [0.05, 0.1) is 17.3 Å². The number of aromatic nitrogens is 2. The van der Waals surface area contributed by atoms with Gasteiger partial charge in [-0.15, -0.1) is 11.8 Å². The van der Waals surface area contributed by atoms with Crippen molar-refractivity contribution in [1.29, 1.82) is 0 Å². The van der Waals surface area contributed by atoms with E-state index < -0.39 is 0 Å². The molecule has 1 amide bonds. The average molecular weight is 197 g/mol. The lowest BCUT2D eigenvalue weighted by Crippen LogP contribution is -2.26. The lowest BCUT2D eigenvalue weighted by molar-refractivity contribution is -0.116. The van der Waals surface area contributed by atoms with Crippen LogP contribution in [0.5, 0.6) is 0 Å². The molecule has 2 rings (SSSR count). The number of anilines is 1. The number of nitrogens with zero attached hydrogens (tertiary/aromatic N) is 1. The van der Waals surface area contributed by atoms with E-state index in [1.165, 1.54) is 0 Å². The Balaban J connectivity index is 2.00. The zero-order valence-corrected chi connectivity index (χ0v) is 8.15. The van der Waals surface area contributed by atoms with E-state index in [0.717, 1.165) is 12.8 Å². The van der Waals surface area contributed by atoms with E-state index in [4.69, 9.17) is 0 Å². The molecule has 0 radical (unpaired) electrons. The first kappa shape index (κ1) is 8.62. The van der Waals surface area contributed by atoms with Crippen molar-refractivity contribution in [3.05, 3.63) is 12.5 Å². The highest BCUT2D eigenvalue weighted by atomic mass is 32.2. The van der Waals surface area contributed by atoms with Gasteiger partial charge in [-0.05, 0) is 19.1 Å². The molecule has 1 aliphatic carbocycles. The Morgan fingerprint density at radius 1 is 1.77 bits per heavy atom. The molecular formula is C8H11N3OS. The molecule has 0 saturated heterocycles. The molecule has 0 aliphatic heterocycles. The van der Waals surface area contributed by atoms with Crippen LogP contribution in [-0.4, -0.2) is 26.9 Å². The minimum Gasteiger partial charge on any atom is -0.331 e. The Labute approximate surface area is 80.5 Å². The number of hydrogen-bond acceptors (Lipinski definition) is 3. The topological polar surface area (TPSA) is 57.8 Å². The third kappa shape index (κ3) is 1.56. The minimum absolute atomic E-state index is 0.0873. The molecule has 2 N–H and O–H groups in total. The van der Waals surface area contributed by atoms with E-state index in [-0.39, 0.29) is 10.7 Å². The SMILES string of the molecule is CSC1(C(=O)Nc2cnc[nH]2)CC1. The maximum Gasteiger partial charge on any atom is 0.241 e. The lowest BCUT2D eigenvalue weighted by atomic mass is 10.4. The van der Waals surface area contributed by atoms with E-state index in [2.05, 4.69) is 15.3 Å². The Morgan fingerprint density at radius 3 is 3.00 bits per heavy atom. The van der Waals surface area contributed by atoms with Crippen molar-refractivity contribution in [2.24, 2.45) is 0 Å². The molecular weight excluding hydrogens is 186 g/mol. The molecule has 0 bridgehead atoms. The molecule has 0 aromatic carbocycles. The van der Waals surface area contributed by atoms with Crippen molar-refractivity contribution in [3.63, 3.8) is 0 Å². The summed E-state index contributed by atoms with van der Waals surface area (Å²) in [6.07, 6.45) is 7.09. The third-order valence-electron chi connectivity index (χ3n) is 2.26. The van der Waals surface area contributed by atoms with Gasteiger partial charge in [0.15, 0.2) is 0 Å². The summed E-state index contributed by atoms with van der Waals surface area (Å²) in [6, 6.07) is 0. The summed E-state index contributed by atoms with van der Waals surface area (Å²) < 4.78 is -0.162. The second kappa shape index (κ2) is 3.06. The largest absolute Gasteiger partial charge is 0.331 e. The number of H-pyrrole nitrogens is 1. The van der Waals surface area contributed by atoms with E-state index in [0.29, 0.717) is 5.82 Å². The molecule has 1 aromatic heterocycles. The van der Waals surface area contributed by atoms with Crippen molar-refractivity contribution < 1.29 is 4.79 Å². The van der Waals surface area contributed by atoms with Gasteiger partial charge in [0, 0.05) is 0 Å². The Morgan fingerprint density at radius 2 is 2.54 bits per heavy atom. The number of imidazole rings is 1. The molecule has 0 unspecified atom stereocenters. The Bertz CT molecular complexity index is 305. The standard InChI is InChI=1S/C8H11N3OS/c1-13-8(2-3-8)7(12)11-6-4-9-5-10-6/h4-5H,2-3H2,1H3,(H,9,10)(H,11,12). The maximum atomic E-state index is 11.6. The number of amides is 1.